The van der Waals surface area contributed by atoms with E-state index in [2.05, 4.69) is 29.9 Å². The van der Waals surface area contributed by atoms with Crippen LogP contribution in [0.15, 0.2) is 18.3 Å². The molecular formula is C11H18N2. The molecule has 1 aliphatic rings. The van der Waals surface area contributed by atoms with Gasteiger partial charge in [0, 0.05) is 30.9 Å². The summed E-state index contributed by atoms with van der Waals surface area (Å²) in [5.74, 6) is 0. The first-order valence-electron chi connectivity index (χ1n) is 5.10. The Morgan fingerprint density at radius 1 is 1.46 bits per heavy atom. The second-order valence-electron chi connectivity index (χ2n) is 4.20. The van der Waals surface area contributed by atoms with Crippen molar-refractivity contribution in [2.45, 2.75) is 31.1 Å². The summed E-state index contributed by atoms with van der Waals surface area (Å²) in [7, 11) is 2.12. The highest BCUT2D eigenvalue weighted by molar-refractivity contribution is 5.21. The highest BCUT2D eigenvalue weighted by Crippen LogP contribution is 2.39. The molecule has 0 aliphatic heterocycles. The third kappa shape index (κ3) is 1.29. The molecule has 0 radical (unpaired) electrons. The van der Waals surface area contributed by atoms with Gasteiger partial charge in [0.1, 0.15) is 0 Å². The van der Waals surface area contributed by atoms with Crippen LogP contribution in [0.1, 0.15) is 31.4 Å². The lowest BCUT2D eigenvalue weighted by Crippen LogP contribution is -2.33. The van der Waals surface area contributed by atoms with Crippen LogP contribution in [0.4, 0.5) is 0 Å². The zero-order valence-electron chi connectivity index (χ0n) is 8.29. The fraction of sp³-hybridized carbons (Fsp3) is 0.636. The maximum Gasteiger partial charge on any atom is 0.0246 e. The Balaban J connectivity index is 2.36. The molecule has 1 aliphatic carbocycles. The summed E-state index contributed by atoms with van der Waals surface area (Å²) >= 11 is 0. The maximum atomic E-state index is 5.92. The van der Waals surface area contributed by atoms with Crippen LogP contribution in [-0.2, 0) is 12.5 Å². The average molecular weight is 178 g/mol. The van der Waals surface area contributed by atoms with Crippen LogP contribution in [0.25, 0.3) is 0 Å². The molecule has 0 spiro atoms. The van der Waals surface area contributed by atoms with Crippen molar-refractivity contribution in [3.8, 4) is 0 Å². The Kier molecular flexibility index (Phi) is 2.16. The van der Waals surface area contributed by atoms with Crippen LogP contribution in [0.5, 0.6) is 0 Å². The standard InChI is InChI=1S/C11H18N2/c1-13-8-4-5-10(13)11(9-12)6-2-3-7-11/h4-5,8H,2-3,6-7,9,12H2,1H3. The lowest BCUT2D eigenvalue weighted by Gasteiger charge is -2.28. The van der Waals surface area contributed by atoms with E-state index in [1.165, 1.54) is 31.4 Å². The normalized spacial score (nSPS) is 20.8. The molecule has 0 atom stereocenters. The molecule has 0 amide bonds. The van der Waals surface area contributed by atoms with Gasteiger partial charge in [-0.3, -0.25) is 0 Å². The number of nitrogens with two attached hydrogens (primary N) is 1. The van der Waals surface area contributed by atoms with Gasteiger partial charge in [-0.2, -0.15) is 0 Å². The summed E-state index contributed by atoms with van der Waals surface area (Å²) in [6.45, 7) is 0.796. The van der Waals surface area contributed by atoms with E-state index < -0.39 is 0 Å². The van der Waals surface area contributed by atoms with Crippen LogP contribution in [0.2, 0.25) is 0 Å². The Hall–Kier alpha value is -0.760. The van der Waals surface area contributed by atoms with E-state index >= 15 is 0 Å². The Morgan fingerprint density at radius 3 is 2.62 bits per heavy atom. The van der Waals surface area contributed by atoms with E-state index in [1.54, 1.807) is 0 Å². The van der Waals surface area contributed by atoms with Crippen molar-refractivity contribution in [2.75, 3.05) is 6.54 Å². The van der Waals surface area contributed by atoms with E-state index in [0.717, 1.165) is 6.54 Å². The van der Waals surface area contributed by atoms with Crippen molar-refractivity contribution >= 4 is 0 Å². The molecule has 1 fully saturated rings. The fourth-order valence-electron chi connectivity index (χ4n) is 2.63. The predicted molar refractivity (Wildman–Crippen MR) is 54.6 cm³/mol. The number of aryl methyl sites for hydroxylation is 1. The summed E-state index contributed by atoms with van der Waals surface area (Å²) in [6.07, 6.45) is 7.32. The Bertz CT molecular complexity index is 282. The molecule has 1 aromatic heterocycles. The SMILES string of the molecule is Cn1cccc1C1(CN)CCCC1. The van der Waals surface area contributed by atoms with Gasteiger partial charge in [0.05, 0.1) is 0 Å². The average Bonchev–Trinajstić information content (AvgIpc) is 2.73. The maximum absolute atomic E-state index is 5.92. The monoisotopic (exact) mass is 178 g/mol. The number of rotatable bonds is 2. The van der Waals surface area contributed by atoms with E-state index in [1.807, 2.05) is 0 Å². The first kappa shape index (κ1) is 8.82. The molecule has 2 N–H and O–H groups in total. The molecule has 1 heterocycles. The number of aromatic nitrogens is 1. The van der Waals surface area contributed by atoms with Gasteiger partial charge in [0.15, 0.2) is 0 Å². The number of nitrogens with zero attached hydrogens (tertiary/aromatic N) is 1. The lowest BCUT2D eigenvalue weighted by molar-refractivity contribution is 0.426. The molecule has 1 aromatic rings. The predicted octanol–water partition coefficient (Wildman–Crippen LogP) is 1.80. The second-order valence-corrected chi connectivity index (χ2v) is 4.20. The molecule has 2 heteroatoms. The molecule has 0 bridgehead atoms. The third-order valence-electron chi connectivity index (χ3n) is 3.44. The topological polar surface area (TPSA) is 30.9 Å². The zero-order valence-corrected chi connectivity index (χ0v) is 8.29. The smallest absolute Gasteiger partial charge is 0.0246 e. The second kappa shape index (κ2) is 3.18. The summed E-state index contributed by atoms with van der Waals surface area (Å²) in [4.78, 5) is 0. The van der Waals surface area contributed by atoms with Crippen LogP contribution in [0, 0.1) is 0 Å². The molecule has 2 rings (SSSR count). The Morgan fingerprint density at radius 2 is 2.15 bits per heavy atom. The largest absolute Gasteiger partial charge is 0.354 e. The lowest BCUT2D eigenvalue weighted by atomic mass is 9.83. The molecular weight excluding hydrogens is 160 g/mol. The van der Waals surface area contributed by atoms with E-state index in [4.69, 9.17) is 5.73 Å². The van der Waals surface area contributed by atoms with Gasteiger partial charge in [-0.1, -0.05) is 12.8 Å². The highest BCUT2D eigenvalue weighted by Gasteiger charge is 2.35. The van der Waals surface area contributed by atoms with Crippen molar-refractivity contribution in [3.63, 3.8) is 0 Å². The summed E-state index contributed by atoms with van der Waals surface area (Å²) in [6, 6.07) is 4.34. The first-order chi connectivity index (χ1) is 6.28. The van der Waals surface area contributed by atoms with Gasteiger partial charge < -0.3 is 10.3 Å². The summed E-state index contributed by atoms with van der Waals surface area (Å²) < 4.78 is 2.22. The third-order valence-corrected chi connectivity index (χ3v) is 3.44. The molecule has 0 aromatic carbocycles. The van der Waals surface area contributed by atoms with Crippen molar-refractivity contribution in [2.24, 2.45) is 12.8 Å². The molecule has 2 nitrogen and oxygen atoms in total. The number of hydrogen-bond donors (Lipinski definition) is 1. The first-order valence-corrected chi connectivity index (χ1v) is 5.10. The molecule has 13 heavy (non-hydrogen) atoms. The van der Waals surface area contributed by atoms with Crippen LogP contribution >= 0.6 is 0 Å². The fourth-order valence-corrected chi connectivity index (χ4v) is 2.63. The van der Waals surface area contributed by atoms with Gasteiger partial charge in [0.2, 0.25) is 0 Å². The highest BCUT2D eigenvalue weighted by atomic mass is 14.9. The van der Waals surface area contributed by atoms with Gasteiger partial charge in [-0.15, -0.1) is 0 Å². The van der Waals surface area contributed by atoms with Gasteiger partial charge in [-0.25, -0.2) is 0 Å². The molecule has 0 unspecified atom stereocenters. The number of hydrogen-bond acceptors (Lipinski definition) is 1. The zero-order chi connectivity index (χ0) is 9.31. The van der Waals surface area contributed by atoms with Crippen molar-refractivity contribution in [3.05, 3.63) is 24.0 Å². The minimum Gasteiger partial charge on any atom is -0.354 e. The summed E-state index contributed by atoms with van der Waals surface area (Å²) in [5, 5.41) is 0. The van der Waals surface area contributed by atoms with Crippen molar-refractivity contribution in [1.82, 2.24) is 4.57 Å². The van der Waals surface area contributed by atoms with Crippen LogP contribution in [0.3, 0.4) is 0 Å². The Labute approximate surface area is 79.7 Å². The van der Waals surface area contributed by atoms with Crippen molar-refractivity contribution in [1.29, 1.82) is 0 Å². The summed E-state index contributed by atoms with van der Waals surface area (Å²) in [5.41, 5.74) is 7.63. The van der Waals surface area contributed by atoms with E-state index in [-0.39, 0.29) is 5.41 Å². The minimum absolute atomic E-state index is 0.290. The molecule has 0 saturated heterocycles. The molecule has 1 saturated carbocycles. The van der Waals surface area contributed by atoms with Gasteiger partial charge >= 0.3 is 0 Å². The quantitative estimate of drug-likeness (QED) is 0.735. The van der Waals surface area contributed by atoms with Gasteiger partial charge in [-0.05, 0) is 25.0 Å². The van der Waals surface area contributed by atoms with Crippen LogP contribution in [-0.4, -0.2) is 11.1 Å². The minimum atomic E-state index is 0.290. The molecule has 72 valence electrons. The van der Waals surface area contributed by atoms with Crippen LogP contribution < -0.4 is 5.73 Å². The van der Waals surface area contributed by atoms with E-state index in [9.17, 15) is 0 Å². The van der Waals surface area contributed by atoms with Crippen molar-refractivity contribution < 1.29 is 0 Å². The van der Waals surface area contributed by atoms with Gasteiger partial charge in [0.25, 0.3) is 0 Å². The van der Waals surface area contributed by atoms with E-state index in [0.29, 0.717) is 0 Å².